The van der Waals surface area contributed by atoms with E-state index >= 15 is 0 Å². The SMILES string of the molecule is CNCc1ccc(COc2cccc(C)c2)c(Br)c1. The molecule has 0 saturated carbocycles. The molecule has 2 aromatic rings. The van der Waals surface area contributed by atoms with Gasteiger partial charge in [0.15, 0.2) is 0 Å². The highest BCUT2D eigenvalue weighted by molar-refractivity contribution is 9.10. The lowest BCUT2D eigenvalue weighted by atomic mass is 10.1. The summed E-state index contributed by atoms with van der Waals surface area (Å²) in [5, 5.41) is 3.14. The minimum Gasteiger partial charge on any atom is -0.489 e. The van der Waals surface area contributed by atoms with Crippen molar-refractivity contribution in [1.29, 1.82) is 0 Å². The number of hydrogen-bond donors (Lipinski definition) is 1. The lowest BCUT2D eigenvalue weighted by molar-refractivity contribution is 0.305. The molecule has 2 rings (SSSR count). The molecular formula is C16H18BrNO. The second-order valence-corrected chi connectivity index (χ2v) is 5.42. The van der Waals surface area contributed by atoms with Crippen LogP contribution in [0.1, 0.15) is 16.7 Å². The van der Waals surface area contributed by atoms with Gasteiger partial charge in [-0.15, -0.1) is 0 Å². The van der Waals surface area contributed by atoms with Crippen molar-refractivity contribution in [3.8, 4) is 5.75 Å². The standard InChI is InChI=1S/C16H18BrNO/c1-12-4-3-5-15(8-12)19-11-14-7-6-13(10-18-2)9-16(14)17/h3-9,18H,10-11H2,1-2H3. The van der Waals surface area contributed by atoms with Crippen molar-refractivity contribution in [2.45, 2.75) is 20.1 Å². The molecule has 3 heteroatoms. The van der Waals surface area contributed by atoms with Crippen molar-refractivity contribution >= 4 is 15.9 Å². The highest BCUT2D eigenvalue weighted by atomic mass is 79.9. The van der Waals surface area contributed by atoms with Crippen LogP contribution < -0.4 is 10.1 Å². The van der Waals surface area contributed by atoms with Crippen LogP contribution in [0.5, 0.6) is 5.75 Å². The van der Waals surface area contributed by atoms with E-state index in [4.69, 9.17) is 4.74 Å². The summed E-state index contributed by atoms with van der Waals surface area (Å²) in [5.41, 5.74) is 3.62. The van der Waals surface area contributed by atoms with E-state index in [2.05, 4.69) is 52.4 Å². The third-order valence-corrected chi connectivity index (χ3v) is 3.62. The molecule has 0 heterocycles. The molecule has 0 unspecified atom stereocenters. The van der Waals surface area contributed by atoms with Gasteiger partial charge in [0.2, 0.25) is 0 Å². The maximum Gasteiger partial charge on any atom is 0.120 e. The molecule has 2 nitrogen and oxygen atoms in total. The Morgan fingerprint density at radius 1 is 1.16 bits per heavy atom. The number of rotatable bonds is 5. The molecule has 0 atom stereocenters. The van der Waals surface area contributed by atoms with Gasteiger partial charge in [-0.3, -0.25) is 0 Å². The van der Waals surface area contributed by atoms with Crippen LogP contribution in [-0.2, 0) is 13.2 Å². The van der Waals surface area contributed by atoms with Crippen molar-refractivity contribution < 1.29 is 4.74 Å². The van der Waals surface area contributed by atoms with Gasteiger partial charge in [-0.05, 0) is 43.3 Å². The fourth-order valence-corrected chi connectivity index (χ4v) is 2.43. The summed E-state index contributed by atoms with van der Waals surface area (Å²) < 4.78 is 6.90. The van der Waals surface area contributed by atoms with E-state index in [0.717, 1.165) is 22.3 Å². The number of hydrogen-bond acceptors (Lipinski definition) is 2. The predicted molar refractivity (Wildman–Crippen MR) is 82.4 cm³/mol. The summed E-state index contributed by atoms with van der Waals surface area (Å²) in [6.07, 6.45) is 0. The molecule has 0 radical (unpaired) electrons. The first-order chi connectivity index (χ1) is 9.19. The molecule has 100 valence electrons. The van der Waals surface area contributed by atoms with Gasteiger partial charge < -0.3 is 10.1 Å². The molecule has 0 aliphatic rings. The number of halogens is 1. The van der Waals surface area contributed by atoms with Crippen LogP contribution in [0.3, 0.4) is 0 Å². The smallest absolute Gasteiger partial charge is 0.120 e. The van der Waals surface area contributed by atoms with Gasteiger partial charge in [0.1, 0.15) is 12.4 Å². The number of ether oxygens (including phenoxy) is 1. The first kappa shape index (κ1) is 14.1. The fourth-order valence-electron chi connectivity index (χ4n) is 1.89. The van der Waals surface area contributed by atoms with Crippen LogP contribution in [0.25, 0.3) is 0 Å². The second kappa shape index (κ2) is 6.73. The number of nitrogens with one attached hydrogen (secondary N) is 1. The molecule has 1 N–H and O–H groups in total. The van der Waals surface area contributed by atoms with Gasteiger partial charge in [-0.2, -0.15) is 0 Å². The molecule has 0 spiro atoms. The van der Waals surface area contributed by atoms with Crippen LogP contribution in [0, 0.1) is 6.92 Å². The summed E-state index contributed by atoms with van der Waals surface area (Å²) in [6.45, 7) is 3.51. The Labute approximate surface area is 122 Å². The monoisotopic (exact) mass is 319 g/mol. The molecule has 0 bridgehead atoms. The zero-order valence-corrected chi connectivity index (χ0v) is 12.8. The second-order valence-electron chi connectivity index (χ2n) is 4.56. The quantitative estimate of drug-likeness (QED) is 0.897. The topological polar surface area (TPSA) is 21.3 Å². The fraction of sp³-hybridized carbons (Fsp3) is 0.250. The normalized spacial score (nSPS) is 10.5. The van der Waals surface area contributed by atoms with Crippen LogP contribution >= 0.6 is 15.9 Å². The zero-order valence-electron chi connectivity index (χ0n) is 11.2. The molecular weight excluding hydrogens is 302 g/mol. The van der Waals surface area contributed by atoms with Crippen molar-refractivity contribution in [1.82, 2.24) is 5.32 Å². The molecule has 0 fully saturated rings. The third-order valence-electron chi connectivity index (χ3n) is 2.88. The Morgan fingerprint density at radius 3 is 2.68 bits per heavy atom. The summed E-state index contributed by atoms with van der Waals surface area (Å²) in [5.74, 6) is 0.909. The van der Waals surface area contributed by atoms with E-state index < -0.39 is 0 Å². The summed E-state index contributed by atoms with van der Waals surface area (Å²) >= 11 is 3.60. The average Bonchev–Trinajstić information content (AvgIpc) is 2.38. The Kier molecular flexibility index (Phi) is 5.00. The van der Waals surface area contributed by atoms with E-state index in [0.29, 0.717) is 6.61 Å². The van der Waals surface area contributed by atoms with Gasteiger partial charge in [-0.1, -0.05) is 40.2 Å². The first-order valence-electron chi connectivity index (χ1n) is 6.30. The molecule has 0 aliphatic carbocycles. The molecule has 19 heavy (non-hydrogen) atoms. The molecule has 0 aliphatic heterocycles. The molecule has 2 aromatic carbocycles. The van der Waals surface area contributed by atoms with E-state index in [-0.39, 0.29) is 0 Å². The summed E-state index contributed by atoms with van der Waals surface area (Å²) in [4.78, 5) is 0. The Morgan fingerprint density at radius 2 is 2.00 bits per heavy atom. The van der Waals surface area contributed by atoms with Gasteiger partial charge in [-0.25, -0.2) is 0 Å². The highest BCUT2D eigenvalue weighted by Crippen LogP contribution is 2.21. The zero-order chi connectivity index (χ0) is 13.7. The van der Waals surface area contributed by atoms with Gasteiger partial charge >= 0.3 is 0 Å². The Hall–Kier alpha value is -1.32. The van der Waals surface area contributed by atoms with Gasteiger partial charge in [0.05, 0.1) is 0 Å². The molecule has 0 saturated heterocycles. The predicted octanol–water partition coefficient (Wildman–Crippen LogP) is 4.06. The molecule has 0 aromatic heterocycles. The van der Waals surface area contributed by atoms with Crippen molar-refractivity contribution in [3.05, 3.63) is 63.6 Å². The average molecular weight is 320 g/mol. The lowest BCUT2D eigenvalue weighted by Gasteiger charge is -2.10. The van der Waals surface area contributed by atoms with Crippen molar-refractivity contribution in [2.75, 3.05) is 7.05 Å². The molecule has 0 amide bonds. The van der Waals surface area contributed by atoms with Gasteiger partial charge in [0.25, 0.3) is 0 Å². The third kappa shape index (κ3) is 4.08. The minimum absolute atomic E-state index is 0.573. The lowest BCUT2D eigenvalue weighted by Crippen LogP contribution is -2.05. The van der Waals surface area contributed by atoms with E-state index in [1.807, 2.05) is 25.2 Å². The first-order valence-corrected chi connectivity index (χ1v) is 7.09. The van der Waals surface area contributed by atoms with Crippen molar-refractivity contribution in [3.63, 3.8) is 0 Å². The van der Waals surface area contributed by atoms with E-state index in [1.54, 1.807) is 0 Å². The summed E-state index contributed by atoms with van der Waals surface area (Å²) in [6, 6.07) is 14.5. The van der Waals surface area contributed by atoms with Gasteiger partial charge in [0, 0.05) is 16.6 Å². The van der Waals surface area contributed by atoms with Crippen LogP contribution in [-0.4, -0.2) is 7.05 Å². The maximum absolute atomic E-state index is 5.81. The van der Waals surface area contributed by atoms with Crippen LogP contribution in [0.4, 0.5) is 0 Å². The Balaban J connectivity index is 2.03. The largest absolute Gasteiger partial charge is 0.489 e. The van der Waals surface area contributed by atoms with Crippen molar-refractivity contribution in [2.24, 2.45) is 0 Å². The Bertz CT molecular complexity index is 554. The van der Waals surface area contributed by atoms with Crippen LogP contribution in [0.15, 0.2) is 46.9 Å². The number of aryl methyl sites for hydroxylation is 1. The summed E-state index contributed by atoms with van der Waals surface area (Å²) in [7, 11) is 1.95. The maximum atomic E-state index is 5.81. The van der Waals surface area contributed by atoms with E-state index in [9.17, 15) is 0 Å². The van der Waals surface area contributed by atoms with Crippen LogP contribution in [0.2, 0.25) is 0 Å². The highest BCUT2D eigenvalue weighted by Gasteiger charge is 2.03. The number of benzene rings is 2. The van der Waals surface area contributed by atoms with E-state index in [1.165, 1.54) is 11.1 Å². The minimum atomic E-state index is 0.573.